The standard InChI is InChI=1S/C28H38NO6P/c1-2-3-4-5-6-7-10-23-13-15-24(16-14-23)17-18-28(21-32-27(30)29-28)22-35-36(31)33-19-25-11-8-9-12-26(25)20-34-36/h8-9,11-16H,2-7,10,17-22H2,1H3,(H,29,30)/t28-/m0/s1. The molecule has 36 heavy (non-hydrogen) atoms. The average molecular weight is 516 g/mol. The minimum absolute atomic E-state index is 0.0253. The quantitative estimate of drug-likeness (QED) is 0.231. The zero-order chi connectivity index (χ0) is 25.3. The van der Waals surface area contributed by atoms with Crippen molar-refractivity contribution >= 4 is 13.9 Å². The normalized spacial score (nSPS) is 20.9. The highest BCUT2D eigenvalue weighted by Crippen LogP contribution is 2.53. The number of cyclic esters (lactones) is 1. The molecule has 0 radical (unpaired) electrons. The summed E-state index contributed by atoms with van der Waals surface area (Å²) in [4.78, 5) is 11.9. The van der Waals surface area contributed by atoms with Gasteiger partial charge in [0.25, 0.3) is 0 Å². The van der Waals surface area contributed by atoms with E-state index in [4.69, 9.17) is 18.3 Å². The Balaban J connectivity index is 1.28. The minimum atomic E-state index is -3.78. The third kappa shape index (κ3) is 7.66. The van der Waals surface area contributed by atoms with Crippen molar-refractivity contribution in [1.29, 1.82) is 0 Å². The molecule has 0 spiro atoms. The molecule has 1 amide bonds. The van der Waals surface area contributed by atoms with E-state index >= 15 is 0 Å². The molecule has 0 unspecified atom stereocenters. The molecule has 8 heteroatoms. The summed E-state index contributed by atoms with van der Waals surface area (Å²) in [6, 6.07) is 16.3. The van der Waals surface area contributed by atoms with Crippen LogP contribution in [0.25, 0.3) is 0 Å². The van der Waals surface area contributed by atoms with Gasteiger partial charge in [0, 0.05) is 0 Å². The van der Waals surface area contributed by atoms with E-state index in [-0.39, 0.29) is 26.4 Å². The maximum Gasteiger partial charge on any atom is 0.475 e. The number of unbranched alkanes of at least 4 members (excludes halogenated alkanes) is 5. The van der Waals surface area contributed by atoms with E-state index in [1.165, 1.54) is 49.7 Å². The number of aryl methyl sites for hydroxylation is 2. The highest BCUT2D eigenvalue weighted by molar-refractivity contribution is 7.48. The lowest BCUT2D eigenvalue weighted by atomic mass is 9.93. The van der Waals surface area contributed by atoms with Crippen LogP contribution < -0.4 is 5.32 Å². The zero-order valence-corrected chi connectivity index (χ0v) is 22.1. The fraction of sp³-hybridized carbons (Fsp3) is 0.536. The topological polar surface area (TPSA) is 83.1 Å². The maximum atomic E-state index is 13.2. The van der Waals surface area contributed by atoms with Crippen molar-refractivity contribution < 1.29 is 27.7 Å². The molecule has 2 aliphatic heterocycles. The summed E-state index contributed by atoms with van der Waals surface area (Å²) in [5.41, 5.74) is 3.58. The first-order valence-corrected chi connectivity index (χ1v) is 14.6. The van der Waals surface area contributed by atoms with Crippen molar-refractivity contribution in [3.05, 3.63) is 70.8 Å². The van der Waals surface area contributed by atoms with E-state index in [1.807, 2.05) is 24.3 Å². The van der Waals surface area contributed by atoms with E-state index in [1.54, 1.807) is 0 Å². The van der Waals surface area contributed by atoms with Crippen LogP contribution in [-0.4, -0.2) is 24.8 Å². The highest BCUT2D eigenvalue weighted by atomic mass is 31.2. The lowest BCUT2D eigenvalue weighted by molar-refractivity contribution is 0.0801. The number of fused-ring (bicyclic) bond motifs is 1. The lowest BCUT2D eigenvalue weighted by Gasteiger charge is -2.28. The summed E-state index contributed by atoms with van der Waals surface area (Å²) in [5.74, 6) is 0. The van der Waals surface area contributed by atoms with Gasteiger partial charge in [-0.05, 0) is 47.9 Å². The minimum Gasteiger partial charge on any atom is -0.447 e. The third-order valence-corrected chi connectivity index (χ3v) is 8.29. The number of carbonyl (C=O) groups excluding carboxylic acids is 1. The Morgan fingerprint density at radius 2 is 1.50 bits per heavy atom. The molecule has 4 rings (SSSR count). The van der Waals surface area contributed by atoms with Gasteiger partial charge in [-0.3, -0.25) is 13.6 Å². The highest BCUT2D eigenvalue weighted by Gasteiger charge is 2.43. The van der Waals surface area contributed by atoms with E-state index in [9.17, 15) is 9.36 Å². The second-order valence-corrected chi connectivity index (χ2v) is 11.5. The average Bonchev–Trinajstić information content (AvgIpc) is 3.19. The predicted octanol–water partition coefficient (Wildman–Crippen LogP) is 6.87. The Bertz CT molecular complexity index is 1010. The van der Waals surface area contributed by atoms with Crippen LogP contribution in [0.2, 0.25) is 0 Å². The van der Waals surface area contributed by atoms with Crippen LogP contribution in [0.5, 0.6) is 0 Å². The van der Waals surface area contributed by atoms with E-state index in [0.29, 0.717) is 6.42 Å². The van der Waals surface area contributed by atoms with Gasteiger partial charge in [-0.15, -0.1) is 0 Å². The first kappa shape index (κ1) is 26.9. The summed E-state index contributed by atoms with van der Waals surface area (Å²) < 4.78 is 35.2. The van der Waals surface area contributed by atoms with Crippen molar-refractivity contribution in [3.8, 4) is 0 Å². The number of hydrogen-bond donors (Lipinski definition) is 1. The van der Waals surface area contributed by atoms with Crippen molar-refractivity contribution in [2.24, 2.45) is 0 Å². The first-order chi connectivity index (χ1) is 17.5. The Labute approximate surface area is 214 Å². The number of carbonyl (C=O) groups is 1. The molecule has 2 heterocycles. The van der Waals surface area contributed by atoms with Crippen LogP contribution in [0, 0.1) is 0 Å². The molecule has 1 N–H and O–H groups in total. The summed E-state index contributed by atoms with van der Waals surface area (Å²) in [7, 11) is -3.78. The largest absolute Gasteiger partial charge is 0.475 e. The van der Waals surface area contributed by atoms with Gasteiger partial charge in [0.1, 0.15) is 12.1 Å². The summed E-state index contributed by atoms with van der Waals surface area (Å²) in [6.45, 7) is 2.65. The van der Waals surface area contributed by atoms with Gasteiger partial charge in [0.15, 0.2) is 0 Å². The Morgan fingerprint density at radius 1 is 0.889 bits per heavy atom. The van der Waals surface area contributed by atoms with Gasteiger partial charge in [0.05, 0.1) is 19.8 Å². The molecule has 2 aliphatic rings. The molecular weight excluding hydrogens is 477 g/mol. The molecule has 196 valence electrons. The van der Waals surface area contributed by atoms with Crippen LogP contribution in [0.3, 0.4) is 0 Å². The van der Waals surface area contributed by atoms with E-state index < -0.39 is 19.5 Å². The van der Waals surface area contributed by atoms with Crippen molar-refractivity contribution in [3.63, 3.8) is 0 Å². The van der Waals surface area contributed by atoms with Crippen LogP contribution in [-0.2, 0) is 48.9 Å². The Morgan fingerprint density at radius 3 is 2.11 bits per heavy atom. The van der Waals surface area contributed by atoms with Crippen molar-refractivity contribution in [1.82, 2.24) is 5.32 Å². The number of nitrogens with one attached hydrogen (secondary N) is 1. The van der Waals surface area contributed by atoms with Crippen molar-refractivity contribution in [2.75, 3.05) is 13.2 Å². The molecule has 1 atom stereocenters. The van der Waals surface area contributed by atoms with E-state index in [0.717, 1.165) is 24.0 Å². The first-order valence-electron chi connectivity index (χ1n) is 13.1. The van der Waals surface area contributed by atoms with Crippen LogP contribution in [0.15, 0.2) is 48.5 Å². The summed E-state index contributed by atoms with van der Waals surface area (Å²) in [5, 5.41) is 2.87. The third-order valence-electron chi connectivity index (χ3n) is 6.95. The Hall–Kier alpha value is -2.18. The summed E-state index contributed by atoms with van der Waals surface area (Å²) in [6.07, 6.45) is 9.68. The monoisotopic (exact) mass is 515 g/mol. The van der Waals surface area contributed by atoms with Gasteiger partial charge in [-0.1, -0.05) is 87.6 Å². The predicted molar refractivity (Wildman–Crippen MR) is 139 cm³/mol. The molecule has 0 aliphatic carbocycles. The number of ether oxygens (including phenoxy) is 1. The van der Waals surface area contributed by atoms with E-state index in [2.05, 4.69) is 36.5 Å². The fourth-order valence-corrected chi connectivity index (χ4v) is 5.82. The molecule has 0 aromatic heterocycles. The van der Waals surface area contributed by atoms with Crippen LogP contribution >= 0.6 is 7.82 Å². The van der Waals surface area contributed by atoms with Gasteiger partial charge in [-0.25, -0.2) is 9.36 Å². The smallest absolute Gasteiger partial charge is 0.447 e. The number of benzene rings is 2. The van der Waals surface area contributed by atoms with Gasteiger partial charge in [-0.2, -0.15) is 0 Å². The molecule has 0 bridgehead atoms. The number of amides is 1. The van der Waals surface area contributed by atoms with Crippen LogP contribution in [0.1, 0.15) is 74.1 Å². The van der Waals surface area contributed by atoms with Gasteiger partial charge in [0.2, 0.25) is 0 Å². The second-order valence-electron chi connectivity index (χ2n) is 9.85. The van der Waals surface area contributed by atoms with Gasteiger partial charge < -0.3 is 10.1 Å². The number of rotatable bonds is 13. The summed E-state index contributed by atoms with van der Waals surface area (Å²) >= 11 is 0. The molecule has 0 saturated carbocycles. The molecule has 1 saturated heterocycles. The van der Waals surface area contributed by atoms with Crippen LogP contribution in [0.4, 0.5) is 4.79 Å². The van der Waals surface area contributed by atoms with Crippen molar-refractivity contribution in [2.45, 2.75) is 83.5 Å². The molecule has 2 aromatic rings. The zero-order valence-electron chi connectivity index (χ0n) is 21.2. The molecular formula is C28H38NO6P. The SMILES string of the molecule is CCCCCCCCc1ccc(CC[C@@]2(COP3(=O)OCc4ccccc4CO3)COC(=O)N2)cc1. The fourth-order valence-electron chi connectivity index (χ4n) is 4.59. The number of hydrogen-bond acceptors (Lipinski definition) is 6. The number of phosphoric ester groups is 1. The molecule has 2 aromatic carbocycles. The number of alkyl carbamates (subject to hydrolysis) is 1. The lowest BCUT2D eigenvalue weighted by Crippen LogP contribution is -2.48. The number of phosphoric acid groups is 1. The molecule has 1 fully saturated rings. The van der Waals surface area contributed by atoms with Gasteiger partial charge >= 0.3 is 13.9 Å². The maximum absolute atomic E-state index is 13.2. The second kappa shape index (κ2) is 12.9. The molecule has 7 nitrogen and oxygen atoms in total. The Kier molecular flexibility index (Phi) is 9.60.